The van der Waals surface area contributed by atoms with Crippen LogP contribution < -0.4 is 0 Å². The molecule has 0 radical (unpaired) electrons. The maximum Gasteiger partial charge on any atom is 0.182 e. The van der Waals surface area contributed by atoms with E-state index in [1.54, 1.807) is 10.9 Å². The molecule has 1 aromatic heterocycles. The van der Waals surface area contributed by atoms with Gasteiger partial charge in [-0.3, -0.25) is 9.48 Å². The van der Waals surface area contributed by atoms with Crippen molar-refractivity contribution in [2.75, 3.05) is 20.6 Å². The van der Waals surface area contributed by atoms with Crippen molar-refractivity contribution < 1.29 is 4.79 Å². The monoisotopic (exact) mass is 299 g/mol. The first-order valence-electron chi connectivity index (χ1n) is 7.02. The number of ketones is 1. The van der Waals surface area contributed by atoms with Gasteiger partial charge in [-0.15, -0.1) is 0 Å². The molecule has 4 nitrogen and oxygen atoms in total. The van der Waals surface area contributed by atoms with Crippen LogP contribution in [0.15, 0.2) is 6.20 Å². The summed E-state index contributed by atoms with van der Waals surface area (Å²) in [6, 6.07) is 0. The summed E-state index contributed by atoms with van der Waals surface area (Å²) in [6.07, 6.45) is 2.06. The number of halogens is 1. The second-order valence-corrected chi connectivity index (χ2v) is 7.17. The smallest absolute Gasteiger partial charge is 0.182 e. The Bertz CT molecular complexity index is 460. The fraction of sp³-hybridized carbons (Fsp3) is 0.733. The predicted octanol–water partition coefficient (Wildman–Crippen LogP) is 3.35. The summed E-state index contributed by atoms with van der Waals surface area (Å²) in [7, 11) is 3.99. The molecule has 0 amide bonds. The minimum absolute atomic E-state index is 0.0775. The maximum absolute atomic E-state index is 12.5. The molecule has 114 valence electrons. The Morgan fingerprint density at radius 2 is 2.05 bits per heavy atom. The molecule has 1 atom stereocenters. The molecule has 0 N–H and O–H groups in total. The Kier molecular flexibility index (Phi) is 5.78. The molecule has 5 heteroatoms. The number of nitrogens with zero attached hydrogens (tertiary/aromatic N) is 3. The van der Waals surface area contributed by atoms with E-state index in [-0.39, 0.29) is 11.2 Å². The highest BCUT2D eigenvalue weighted by Gasteiger charge is 2.26. The first-order chi connectivity index (χ1) is 9.12. The highest BCUT2D eigenvalue weighted by Crippen LogP contribution is 2.30. The Morgan fingerprint density at radius 3 is 2.55 bits per heavy atom. The van der Waals surface area contributed by atoms with Crippen molar-refractivity contribution in [2.24, 2.45) is 11.3 Å². The van der Waals surface area contributed by atoms with Gasteiger partial charge in [-0.2, -0.15) is 5.10 Å². The number of hydrogen-bond acceptors (Lipinski definition) is 3. The molecule has 0 saturated carbocycles. The molecule has 0 spiro atoms. The summed E-state index contributed by atoms with van der Waals surface area (Å²) in [4.78, 5) is 14.5. The number of likely N-dealkylation sites (N-methyl/N-ethyl adjacent to an activating group) is 1. The normalized spacial score (nSPS) is 13.8. The number of rotatable bonds is 6. The number of carbonyl (C=O) groups is 1. The maximum atomic E-state index is 12.5. The second kappa shape index (κ2) is 6.72. The lowest BCUT2D eigenvalue weighted by Crippen LogP contribution is -2.24. The second-order valence-electron chi connectivity index (χ2n) is 6.76. The van der Waals surface area contributed by atoms with Gasteiger partial charge in [0.05, 0.1) is 17.8 Å². The van der Waals surface area contributed by atoms with Gasteiger partial charge in [0.1, 0.15) is 5.69 Å². The SMILES string of the molecule is CC(CC(=O)c1c(Cl)cnn1CCN(C)C)C(C)(C)C. The van der Waals surface area contributed by atoms with Crippen molar-refractivity contribution in [3.63, 3.8) is 0 Å². The van der Waals surface area contributed by atoms with Crippen LogP contribution in [0.3, 0.4) is 0 Å². The Labute approximate surface area is 127 Å². The van der Waals surface area contributed by atoms with Crippen LogP contribution in [-0.2, 0) is 6.54 Å². The van der Waals surface area contributed by atoms with Gasteiger partial charge in [-0.1, -0.05) is 39.3 Å². The zero-order valence-electron chi connectivity index (χ0n) is 13.4. The number of hydrogen-bond donors (Lipinski definition) is 0. The van der Waals surface area contributed by atoms with Crippen molar-refractivity contribution in [3.05, 3.63) is 16.9 Å². The van der Waals surface area contributed by atoms with Crippen molar-refractivity contribution in [1.82, 2.24) is 14.7 Å². The van der Waals surface area contributed by atoms with E-state index in [2.05, 4.69) is 37.7 Å². The van der Waals surface area contributed by atoms with Gasteiger partial charge in [0.25, 0.3) is 0 Å². The van der Waals surface area contributed by atoms with Crippen LogP contribution in [0.2, 0.25) is 5.02 Å². The van der Waals surface area contributed by atoms with Crippen molar-refractivity contribution in [2.45, 2.75) is 40.7 Å². The number of carbonyl (C=O) groups excluding carboxylic acids is 1. The number of aromatic nitrogens is 2. The van der Waals surface area contributed by atoms with Crippen LogP contribution in [0.25, 0.3) is 0 Å². The first-order valence-corrected chi connectivity index (χ1v) is 7.40. The molecule has 1 rings (SSSR count). The van der Waals surface area contributed by atoms with Crippen LogP contribution in [0.5, 0.6) is 0 Å². The molecule has 0 aliphatic carbocycles. The lowest BCUT2D eigenvalue weighted by Gasteiger charge is -2.26. The van der Waals surface area contributed by atoms with Crippen LogP contribution in [0, 0.1) is 11.3 Å². The highest BCUT2D eigenvalue weighted by atomic mass is 35.5. The van der Waals surface area contributed by atoms with E-state index < -0.39 is 0 Å². The minimum Gasteiger partial charge on any atom is -0.308 e. The zero-order valence-corrected chi connectivity index (χ0v) is 14.2. The molecule has 0 bridgehead atoms. The van der Waals surface area contributed by atoms with Crippen molar-refractivity contribution >= 4 is 17.4 Å². The average Bonchev–Trinajstić information content (AvgIpc) is 2.66. The van der Waals surface area contributed by atoms with Gasteiger partial charge in [0.2, 0.25) is 0 Å². The quantitative estimate of drug-likeness (QED) is 0.756. The van der Waals surface area contributed by atoms with Crippen LogP contribution in [0.4, 0.5) is 0 Å². The lowest BCUT2D eigenvalue weighted by atomic mass is 9.79. The third kappa shape index (κ3) is 4.60. The summed E-state index contributed by atoms with van der Waals surface area (Å²) in [5, 5.41) is 4.67. The van der Waals surface area contributed by atoms with E-state index in [1.165, 1.54) is 0 Å². The van der Waals surface area contributed by atoms with Crippen LogP contribution in [-0.4, -0.2) is 41.1 Å². The summed E-state index contributed by atoms with van der Waals surface area (Å²) >= 11 is 6.14. The Balaban J connectivity index is 2.84. The summed E-state index contributed by atoms with van der Waals surface area (Å²) < 4.78 is 1.72. The van der Waals surface area contributed by atoms with E-state index in [0.717, 1.165) is 6.54 Å². The van der Waals surface area contributed by atoms with Crippen molar-refractivity contribution in [3.8, 4) is 0 Å². The van der Waals surface area contributed by atoms with Crippen LogP contribution >= 0.6 is 11.6 Å². The van der Waals surface area contributed by atoms with E-state index in [4.69, 9.17) is 11.6 Å². The minimum atomic E-state index is 0.0775. The summed E-state index contributed by atoms with van der Waals surface area (Å²) in [5.74, 6) is 0.372. The van der Waals surface area contributed by atoms with Gasteiger partial charge < -0.3 is 4.90 Å². The molecule has 0 aromatic carbocycles. The van der Waals surface area contributed by atoms with Gasteiger partial charge in [-0.25, -0.2) is 0 Å². The predicted molar refractivity (Wildman–Crippen MR) is 83.4 cm³/mol. The molecular weight excluding hydrogens is 274 g/mol. The fourth-order valence-corrected chi connectivity index (χ4v) is 2.03. The van der Waals surface area contributed by atoms with E-state index in [1.807, 2.05) is 14.1 Å². The van der Waals surface area contributed by atoms with E-state index in [9.17, 15) is 4.79 Å². The lowest BCUT2D eigenvalue weighted by molar-refractivity contribution is 0.0916. The molecule has 0 saturated heterocycles. The van der Waals surface area contributed by atoms with Gasteiger partial charge in [0.15, 0.2) is 5.78 Å². The Morgan fingerprint density at radius 1 is 1.45 bits per heavy atom. The van der Waals surface area contributed by atoms with Crippen LogP contribution in [0.1, 0.15) is 44.6 Å². The molecular formula is C15H26ClN3O. The Hall–Kier alpha value is -0.870. The molecule has 0 fully saturated rings. The zero-order chi connectivity index (χ0) is 15.5. The molecule has 20 heavy (non-hydrogen) atoms. The van der Waals surface area contributed by atoms with Gasteiger partial charge in [0, 0.05) is 13.0 Å². The molecule has 1 unspecified atom stereocenters. The standard InChI is InChI=1S/C15H26ClN3O/c1-11(15(2,3)4)9-13(20)14-12(16)10-17-19(14)8-7-18(5)6/h10-11H,7-9H2,1-6H3. The van der Waals surface area contributed by atoms with E-state index >= 15 is 0 Å². The first kappa shape index (κ1) is 17.2. The average molecular weight is 300 g/mol. The third-order valence-electron chi connectivity index (χ3n) is 3.79. The molecule has 1 heterocycles. The fourth-order valence-electron chi connectivity index (χ4n) is 1.78. The summed E-state index contributed by atoms with van der Waals surface area (Å²) in [5.41, 5.74) is 0.654. The van der Waals surface area contributed by atoms with E-state index in [0.29, 0.717) is 29.6 Å². The summed E-state index contributed by atoms with van der Waals surface area (Å²) in [6.45, 7) is 10.0. The van der Waals surface area contributed by atoms with Crippen molar-refractivity contribution in [1.29, 1.82) is 0 Å². The topological polar surface area (TPSA) is 38.1 Å². The molecule has 0 aliphatic rings. The molecule has 0 aliphatic heterocycles. The number of Topliss-reactive ketones (excluding diaryl/α,β-unsaturated/α-hetero) is 1. The third-order valence-corrected chi connectivity index (χ3v) is 4.06. The van der Waals surface area contributed by atoms with Gasteiger partial charge >= 0.3 is 0 Å². The van der Waals surface area contributed by atoms with Gasteiger partial charge in [-0.05, 0) is 25.4 Å². The molecule has 1 aromatic rings. The largest absolute Gasteiger partial charge is 0.308 e. The highest BCUT2D eigenvalue weighted by molar-refractivity contribution is 6.33.